The van der Waals surface area contributed by atoms with Crippen LogP contribution in [0.15, 0.2) is 48.5 Å². The van der Waals surface area contributed by atoms with Gasteiger partial charge in [-0.15, -0.1) is 0 Å². The van der Waals surface area contributed by atoms with Crippen LogP contribution in [0.2, 0.25) is 0 Å². The van der Waals surface area contributed by atoms with Gasteiger partial charge < -0.3 is 14.8 Å². The third kappa shape index (κ3) is 2.39. The van der Waals surface area contributed by atoms with Crippen LogP contribution in [0.25, 0.3) is 10.9 Å². The summed E-state index contributed by atoms with van der Waals surface area (Å²) >= 11 is 0. The first kappa shape index (κ1) is 15.5. The number of benzene rings is 2. The molecular weight excluding hydrogens is 328 g/mol. The Morgan fingerprint density at radius 1 is 1.23 bits per heavy atom. The van der Waals surface area contributed by atoms with Crippen molar-refractivity contribution in [3.05, 3.63) is 65.4 Å². The standard InChI is InChI=1S/C21H20N2O3/c24-21(25)20-19-18(14-8-9-23(20)11-14)16-10-15(6-7-17(16)22-19)26-12-13-4-2-1-3-5-13/h1-7,10,14,20,22H,8-9,11-12H2,(H,24,25). The molecule has 2 bridgehead atoms. The largest absolute Gasteiger partial charge is 0.489 e. The Morgan fingerprint density at radius 3 is 2.88 bits per heavy atom. The van der Waals surface area contributed by atoms with Crippen molar-refractivity contribution in [2.75, 3.05) is 13.1 Å². The first-order chi connectivity index (χ1) is 12.7. The number of fused-ring (bicyclic) bond motifs is 6. The molecule has 5 rings (SSSR count). The molecule has 1 saturated heterocycles. The third-order valence-electron chi connectivity index (χ3n) is 5.59. The number of carboxylic acid groups (broad SMARTS) is 1. The van der Waals surface area contributed by atoms with Crippen LogP contribution >= 0.6 is 0 Å². The molecule has 5 heteroatoms. The molecule has 1 aromatic heterocycles. The lowest BCUT2D eigenvalue weighted by molar-refractivity contribution is -0.143. The molecule has 0 amide bonds. The second kappa shape index (κ2) is 5.88. The lowest BCUT2D eigenvalue weighted by atomic mass is 9.90. The van der Waals surface area contributed by atoms with Crippen molar-refractivity contribution in [3.8, 4) is 5.75 Å². The van der Waals surface area contributed by atoms with E-state index in [2.05, 4.69) is 16.0 Å². The summed E-state index contributed by atoms with van der Waals surface area (Å²) in [7, 11) is 0. The van der Waals surface area contributed by atoms with Gasteiger partial charge in [-0.3, -0.25) is 9.69 Å². The fourth-order valence-electron chi connectivity index (χ4n) is 4.42. The van der Waals surface area contributed by atoms with E-state index in [4.69, 9.17) is 4.74 Å². The summed E-state index contributed by atoms with van der Waals surface area (Å²) in [5, 5.41) is 10.8. The van der Waals surface area contributed by atoms with Gasteiger partial charge in [0.2, 0.25) is 0 Å². The summed E-state index contributed by atoms with van der Waals surface area (Å²) in [5.74, 6) is 0.438. The number of rotatable bonds is 4. The zero-order valence-electron chi connectivity index (χ0n) is 14.3. The number of aromatic amines is 1. The fourth-order valence-corrected chi connectivity index (χ4v) is 4.42. The van der Waals surface area contributed by atoms with Crippen molar-refractivity contribution in [2.24, 2.45) is 0 Å². The van der Waals surface area contributed by atoms with Crippen LogP contribution in [-0.4, -0.2) is 34.0 Å². The maximum atomic E-state index is 11.8. The zero-order valence-corrected chi connectivity index (χ0v) is 14.3. The van der Waals surface area contributed by atoms with Gasteiger partial charge in [0.25, 0.3) is 0 Å². The van der Waals surface area contributed by atoms with E-state index in [-0.39, 0.29) is 0 Å². The van der Waals surface area contributed by atoms with Crippen LogP contribution < -0.4 is 4.74 Å². The summed E-state index contributed by atoms with van der Waals surface area (Å²) in [6.07, 6.45) is 1.01. The molecule has 5 nitrogen and oxygen atoms in total. The molecule has 3 heterocycles. The van der Waals surface area contributed by atoms with Gasteiger partial charge in [-0.05, 0) is 42.3 Å². The van der Waals surface area contributed by atoms with E-state index in [1.807, 2.05) is 42.5 Å². The maximum absolute atomic E-state index is 11.8. The van der Waals surface area contributed by atoms with Gasteiger partial charge in [0.05, 0.1) is 0 Å². The Balaban J connectivity index is 1.52. The minimum absolute atomic E-state index is 0.402. The maximum Gasteiger partial charge on any atom is 0.327 e. The Labute approximate surface area is 151 Å². The van der Waals surface area contributed by atoms with E-state index >= 15 is 0 Å². The van der Waals surface area contributed by atoms with E-state index in [0.29, 0.717) is 12.5 Å². The van der Waals surface area contributed by atoms with Gasteiger partial charge >= 0.3 is 5.97 Å². The van der Waals surface area contributed by atoms with Crippen molar-refractivity contribution in [1.29, 1.82) is 0 Å². The molecule has 0 saturated carbocycles. The number of ether oxygens (including phenoxy) is 1. The molecule has 0 spiro atoms. The average molecular weight is 348 g/mol. The van der Waals surface area contributed by atoms with Crippen LogP contribution in [0, 0.1) is 0 Å². The van der Waals surface area contributed by atoms with Gasteiger partial charge in [-0.25, -0.2) is 0 Å². The molecule has 0 aliphatic carbocycles. The van der Waals surface area contributed by atoms with Crippen LogP contribution in [0.3, 0.4) is 0 Å². The molecule has 26 heavy (non-hydrogen) atoms. The Bertz CT molecular complexity index is 980. The number of nitrogens with one attached hydrogen (secondary N) is 1. The molecular formula is C21H20N2O3. The Kier molecular flexibility index (Phi) is 3.50. The predicted molar refractivity (Wildman–Crippen MR) is 98.4 cm³/mol. The van der Waals surface area contributed by atoms with E-state index < -0.39 is 12.0 Å². The molecule has 132 valence electrons. The van der Waals surface area contributed by atoms with E-state index in [0.717, 1.165) is 47.4 Å². The van der Waals surface area contributed by atoms with Crippen molar-refractivity contribution < 1.29 is 14.6 Å². The van der Waals surface area contributed by atoms with Gasteiger partial charge in [0.15, 0.2) is 0 Å². The van der Waals surface area contributed by atoms with Crippen molar-refractivity contribution in [1.82, 2.24) is 9.88 Å². The van der Waals surface area contributed by atoms with E-state index in [9.17, 15) is 9.90 Å². The summed E-state index contributed by atoms with van der Waals surface area (Å²) < 4.78 is 5.97. The highest BCUT2D eigenvalue weighted by Gasteiger charge is 2.43. The van der Waals surface area contributed by atoms with Crippen molar-refractivity contribution in [2.45, 2.75) is 25.0 Å². The van der Waals surface area contributed by atoms with Crippen LogP contribution in [0.5, 0.6) is 5.75 Å². The van der Waals surface area contributed by atoms with Crippen LogP contribution in [-0.2, 0) is 11.4 Å². The van der Waals surface area contributed by atoms with Gasteiger partial charge in [-0.1, -0.05) is 30.3 Å². The number of hydrogen-bond donors (Lipinski definition) is 2. The molecule has 2 N–H and O–H groups in total. The second-order valence-corrected chi connectivity index (χ2v) is 7.16. The summed E-state index contributed by atoms with van der Waals surface area (Å²) in [6, 6.07) is 15.5. The SMILES string of the molecule is O=C(O)C1c2[nH]c3ccc(OCc4ccccc4)cc3c2C2CCN1C2. The molecule has 2 aromatic carbocycles. The number of H-pyrrole nitrogens is 1. The minimum atomic E-state index is -0.779. The van der Waals surface area contributed by atoms with Crippen molar-refractivity contribution >= 4 is 16.9 Å². The molecule has 2 aliphatic heterocycles. The molecule has 3 atom stereocenters. The number of hydrogen-bond acceptors (Lipinski definition) is 3. The highest BCUT2D eigenvalue weighted by Crippen LogP contribution is 2.46. The quantitative estimate of drug-likeness (QED) is 0.755. The normalized spacial score (nSPS) is 23.8. The highest BCUT2D eigenvalue weighted by molar-refractivity contribution is 5.90. The van der Waals surface area contributed by atoms with E-state index in [1.54, 1.807) is 0 Å². The van der Waals surface area contributed by atoms with Gasteiger partial charge in [0, 0.05) is 29.1 Å². The number of aliphatic carboxylic acids is 1. The molecule has 1 fully saturated rings. The summed E-state index contributed by atoms with van der Waals surface area (Å²) in [6.45, 7) is 2.19. The highest BCUT2D eigenvalue weighted by atomic mass is 16.5. The van der Waals surface area contributed by atoms with Crippen LogP contribution in [0.1, 0.15) is 35.2 Å². The lowest BCUT2D eigenvalue weighted by Gasteiger charge is -2.29. The summed E-state index contributed by atoms with van der Waals surface area (Å²) in [4.78, 5) is 17.3. The number of carbonyl (C=O) groups is 1. The fraction of sp³-hybridized carbons (Fsp3) is 0.286. The second-order valence-electron chi connectivity index (χ2n) is 7.16. The smallest absolute Gasteiger partial charge is 0.327 e. The van der Waals surface area contributed by atoms with Crippen LogP contribution in [0.4, 0.5) is 0 Å². The number of nitrogens with zero attached hydrogens (tertiary/aromatic N) is 1. The van der Waals surface area contributed by atoms with E-state index in [1.165, 1.54) is 5.56 Å². The number of aromatic nitrogens is 1. The Morgan fingerprint density at radius 2 is 2.08 bits per heavy atom. The van der Waals surface area contributed by atoms with Gasteiger partial charge in [0.1, 0.15) is 18.4 Å². The van der Waals surface area contributed by atoms with Gasteiger partial charge in [-0.2, -0.15) is 0 Å². The predicted octanol–water partition coefficient (Wildman–Crippen LogP) is 3.68. The van der Waals surface area contributed by atoms with Crippen molar-refractivity contribution in [3.63, 3.8) is 0 Å². The number of carboxylic acids is 1. The molecule has 0 radical (unpaired) electrons. The topological polar surface area (TPSA) is 65.6 Å². The summed E-state index contributed by atoms with van der Waals surface area (Å²) in [5.41, 5.74) is 4.14. The zero-order chi connectivity index (χ0) is 17.7. The Hall–Kier alpha value is -2.79. The lowest BCUT2D eigenvalue weighted by Crippen LogP contribution is -2.35. The molecule has 2 aliphatic rings. The molecule has 3 aromatic rings. The first-order valence-electron chi connectivity index (χ1n) is 9.00. The first-order valence-corrected chi connectivity index (χ1v) is 9.00. The monoisotopic (exact) mass is 348 g/mol. The third-order valence-corrected chi connectivity index (χ3v) is 5.59. The average Bonchev–Trinajstić information content (AvgIpc) is 3.23. The minimum Gasteiger partial charge on any atom is -0.489 e. The molecule has 3 unspecified atom stereocenters.